The van der Waals surface area contributed by atoms with E-state index < -0.39 is 0 Å². The summed E-state index contributed by atoms with van der Waals surface area (Å²) >= 11 is 0. The molecule has 0 N–H and O–H groups in total. The van der Waals surface area contributed by atoms with Gasteiger partial charge < -0.3 is 4.79 Å². The lowest BCUT2D eigenvalue weighted by molar-refractivity contribution is -0.113. The second-order valence-electron chi connectivity index (χ2n) is 3.77. The van der Waals surface area contributed by atoms with E-state index in [1.165, 1.54) is 5.57 Å². The van der Waals surface area contributed by atoms with Gasteiger partial charge in [-0.25, -0.2) is 0 Å². The Morgan fingerprint density at radius 3 is 2.64 bits per heavy atom. The third kappa shape index (κ3) is 1.70. The first-order chi connectivity index (χ1) is 5.15. The maximum absolute atomic E-state index is 10.7. The fraction of sp³-hybridized carbons (Fsp3) is 0.700. The van der Waals surface area contributed by atoms with Crippen LogP contribution in [-0.4, -0.2) is 6.29 Å². The Labute approximate surface area is 68.5 Å². The third-order valence-corrected chi connectivity index (χ3v) is 2.61. The number of carbonyl (C=O) groups is 1. The van der Waals surface area contributed by atoms with E-state index in [2.05, 4.69) is 26.8 Å². The molecule has 1 aliphatic carbocycles. The maximum Gasteiger partial charge on any atom is 0.123 e. The largest absolute Gasteiger partial charge is 0.303 e. The molecule has 1 rings (SSSR count). The van der Waals surface area contributed by atoms with E-state index in [9.17, 15) is 4.79 Å². The van der Waals surface area contributed by atoms with Gasteiger partial charge in [-0.2, -0.15) is 0 Å². The van der Waals surface area contributed by atoms with Crippen molar-refractivity contribution in [1.29, 1.82) is 0 Å². The van der Waals surface area contributed by atoms with Crippen LogP contribution in [0.1, 0.15) is 27.2 Å². The summed E-state index contributed by atoms with van der Waals surface area (Å²) in [7, 11) is 0. The van der Waals surface area contributed by atoms with Crippen molar-refractivity contribution in [2.75, 3.05) is 0 Å². The Morgan fingerprint density at radius 2 is 2.18 bits per heavy atom. The number of hydrogen-bond donors (Lipinski definition) is 0. The van der Waals surface area contributed by atoms with Crippen molar-refractivity contribution >= 4 is 6.29 Å². The first-order valence-corrected chi connectivity index (χ1v) is 4.27. The number of carbonyl (C=O) groups excluding carboxylic acids is 1. The summed E-state index contributed by atoms with van der Waals surface area (Å²) in [6.07, 6.45) is 4.42. The van der Waals surface area contributed by atoms with Gasteiger partial charge in [-0.05, 0) is 25.2 Å². The normalized spacial score (nSPS) is 38.1. The van der Waals surface area contributed by atoms with Gasteiger partial charge in [0.15, 0.2) is 0 Å². The smallest absolute Gasteiger partial charge is 0.123 e. The van der Waals surface area contributed by atoms with E-state index in [0.717, 1.165) is 12.7 Å². The van der Waals surface area contributed by atoms with Gasteiger partial charge in [-0.3, -0.25) is 0 Å². The van der Waals surface area contributed by atoms with E-state index in [-0.39, 0.29) is 5.92 Å². The molecule has 0 aromatic carbocycles. The minimum absolute atomic E-state index is 0.249. The minimum Gasteiger partial charge on any atom is -0.303 e. The van der Waals surface area contributed by atoms with Gasteiger partial charge in [-0.1, -0.05) is 25.5 Å². The maximum atomic E-state index is 10.7. The van der Waals surface area contributed by atoms with Crippen molar-refractivity contribution in [2.45, 2.75) is 27.2 Å². The Bertz CT molecular complexity index is 181. The molecule has 0 bridgehead atoms. The number of allylic oxidation sites excluding steroid dienone is 2. The SMILES string of the molecule is CC1=C[C@H](C)[C@H](C=O)[C@H](C)C1. The van der Waals surface area contributed by atoms with E-state index in [1.54, 1.807) is 0 Å². The van der Waals surface area contributed by atoms with Gasteiger partial charge in [0.05, 0.1) is 0 Å². The topological polar surface area (TPSA) is 17.1 Å². The first kappa shape index (κ1) is 8.51. The quantitative estimate of drug-likeness (QED) is 0.416. The zero-order valence-electron chi connectivity index (χ0n) is 7.50. The molecule has 0 fully saturated rings. The number of hydrogen-bond acceptors (Lipinski definition) is 1. The molecular weight excluding hydrogens is 136 g/mol. The Morgan fingerprint density at radius 1 is 1.55 bits per heavy atom. The average Bonchev–Trinajstić information content (AvgIpc) is 1.85. The number of aldehydes is 1. The summed E-state index contributed by atoms with van der Waals surface area (Å²) in [5, 5.41) is 0. The molecule has 62 valence electrons. The first-order valence-electron chi connectivity index (χ1n) is 4.27. The fourth-order valence-corrected chi connectivity index (χ4v) is 2.05. The van der Waals surface area contributed by atoms with Gasteiger partial charge in [0, 0.05) is 5.92 Å². The van der Waals surface area contributed by atoms with Gasteiger partial charge >= 0.3 is 0 Å². The lowest BCUT2D eigenvalue weighted by atomic mass is 9.76. The lowest BCUT2D eigenvalue weighted by Gasteiger charge is -2.28. The van der Waals surface area contributed by atoms with E-state index in [4.69, 9.17) is 0 Å². The van der Waals surface area contributed by atoms with Crippen molar-refractivity contribution in [2.24, 2.45) is 17.8 Å². The van der Waals surface area contributed by atoms with Crippen molar-refractivity contribution in [3.8, 4) is 0 Å². The molecule has 0 aromatic rings. The molecule has 0 saturated heterocycles. The molecule has 0 aliphatic heterocycles. The van der Waals surface area contributed by atoms with Crippen molar-refractivity contribution in [3.05, 3.63) is 11.6 Å². The zero-order chi connectivity index (χ0) is 8.43. The molecule has 0 saturated carbocycles. The van der Waals surface area contributed by atoms with Gasteiger partial charge in [0.1, 0.15) is 6.29 Å². The molecule has 0 radical (unpaired) electrons. The number of rotatable bonds is 1. The second kappa shape index (κ2) is 3.21. The molecule has 1 aliphatic rings. The van der Waals surface area contributed by atoms with Crippen LogP contribution in [-0.2, 0) is 4.79 Å². The molecule has 11 heavy (non-hydrogen) atoms. The highest BCUT2D eigenvalue weighted by Gasteiger charge is 2.25. The van der Waals surface area contributed by atoms with Crippen LogP contribution in [0.3, 0.4) is 0 Å². The fourth-order valence-electron chi connectivity index (χ4n) is 2.05. The van der Waals surface area contributed by atoms with E-state index in [1.807, 2.05) is 0 Å². The van der Waals surface area contributed by atoms with Crippen LogP contribution in [0.5, 0.6) is 0 Å². The molecule has 1 nitrogen and oxygen atoms in total. The van der Waals surface area contributed by atoms with Crippen molar-refractivity contribution < 1.29 is 4.79 Å². The molecule has 0 unspecified atom stereocenters. The summed E-state index contributed by atoms with van der Waals surface area (Å²) in [5.41, 5.74) is 1.43. The summed E-state index contributed by atoms with van der Waals surface area (Å²) < 4.78 is 0. The standard InChI is InChI=1S/C10H16O/c1-7-4-8(2)10(6-11)9(3)5-7/h4,6,8-10H,5H2,1-3H3/t8-,9+,10-/m0/s1. The lowest BCUT2D eigenvalue weighted by Crippen LogP contribution is -2.24. The van der Waals surface area contributed by atoms with E-state index in [0.29, 0.717) is 11.8 Å². The Kier molecular flexibility index (Phi) is 2.48. The molecular formula is C10H16O. The van der Waals surface area contributed by atoms with Gasteiger partial charge in [0.2, 0.25) is 0 Å². The van der Waals surface area contributed by atoms with Crippen molar-refractivity contribution in [1.82, 2.24) is 0 Å². The highest BCUT2D eigenvalue weighted by Crippen LogP contribution is 2.31. The minimum atomic E-state index is 0.249. The predicted molar refractivity (Wildman–Crippen MR) is 46.3 cm³/mol. The predicted octanol–water partition coefficient (Wildman–Crippen LogP) is 2.42. The van der Waals surface area contributed by atoms with Crippen LogP contribution in [0, 0.1) is 17.8 Å². The zero-order valence-corrected chi connectivity index (χ0v) is 7.50. The van der Waals surface area contributed by atoms with Gasteiger partial charge in [0.25, 0.3) is 0 Å². The van der Waals surface area contributed by atoms with E-state index >= 15 is 0 Å². The summed E-state index contributed by atoms with van der Waals surface area (Å²) in [6, 6.07) is 0. The molecule has 0 heterocycles. The monoisotopic (exact) mass is 152 g/mol. The molecule has 0 aromatic heterocycles. The van der Waals surface area contributed by atoms with Crippen LogP contribution in [0.15, 0.2) is 11.6 Å². The van der Waals surface area contributed by atoms with Crippen molar-refractivity contribution in [3.63, 3.8) is 0 Å². The van der Waals surface area contributed by atoms with Gasteiger partial charge in [-0.15, -0.1) is 0 Å². The highest BCUT2D eigenvalue weighted by atomic mass is 16.1. The van der Waals surface area contributed by atoms with Crippen LogP contribution < -0.4 is 0 Å². The summed E-state index contributed by atoms with van der Waals surface area (Å²) in [6.45, 7) is 6.43. The van der Waals surface area contributed by atoms with Crippen LogP contribution in [0.4, 0.5) is 0 Å². The summed E-state index contributed by atoms with van der Waals surface area (Å²) in [5.74, 6) is 1.22. The molecule has 1 heteroatoms. The second-order valence-corrected chi connectivity index (χ2v) is 3.77. The highest BCUT2D eigenvalue weighted by molar-refractivity contribution is 5.55. The third-order valence-electron chi connectivity index (χ3n) is 2.61. The summed E-state index contributed by atoms with van der Waals surface area (Å²) in [4.78, 5) is 10.7. The van der Waals surface area contributed by atoms with Crippen LogP contribution in [0.2, 0.25) is 0 Å². The Balaban J connectivity index is 2.76. The average molecular weight is 152 g/mol. The molecule has 0 amide bonds. The molecule has 3 atom stereocenters. The molecule has 0 spiro atoms. The Hall–Kier alpha value is -0.590. The van der Waals surface area contributed by atoms with Crippen LogP contribution in [0.25, 0.3) is 0 Å². The van der Waals surface area contributed by atoms with Crippen LogP contribution >= 0.6 is 0 Å².